The van der Waals surface area contributed by atoms with Crippen LogP contribution in [0.5, 0.6) is 11.5 Å². The van der Waals surface area contributed by atoms with Crippen LogP contribution < -0.4 is 25.4 Å². The lowest BCUT2D eigenvalue weighted by Gasteiger charge is -2.39. The maximum atomic E-state index is 13.4. The summed E-state index contributed by atoms with van der Waals surface area (Å²) in [7, 11) is -8.71. The molecule has 73 heavy (non-hydrogen) atoms. The molecule has 0 spiro atoms. The number of sulfonamides is 2. The topological polar surface area (TPSA) is 193 Å². The molecular formula is C45H48F10N6O10S2. The average Bonchev–Trinajstić information content (AvgIpc) is 3.32. The minimum Gasteiger partial charge on any atom is -0.444 e. The molecule has 0 aromatic heterocycles. The van der Waals surface area contributed by atoms with Gasteiger partial charge in [0, 0.05) is 52.4 Å². The van der Waals surface area contributed by atoms with Crippen molar-refractivity contribution in [3.8, 4) is 11.5 Å². The van der Waals surface area contributed by atoms with Crippen molar-refractivity contribution in [1.82, 2.24) is 29.5 Å². The van der Waals surface area contributed by atoms with Crippen LogP contribution in [-0.4, -0.2) is 118 Å². The first-order chi connectivity index (χ1) is 33.9. The molecule has 0 aliphatic carbocycles. The minimum absolute atomic E-state index is 0.00153. The Morgan fingerprint density at radius 1 is 0.603 bits per heavy atom. The van der Waals surface area contributed by atoms with Crippen molar-refractivity contribution < 1.29 is 89.3 Å². The number of carbonyl (C=O) groups excluding carboxylic acids is 3. The fourth-order valence-electron chi connectivity index (χ4n) is 7.05. The first-order valence-corrected chi connectivity index (χ1v) is 24.5. The highest BCUT2D eigenvalue weighted by molar-refractivity contribution is 7.89. The second-order valence-electron chi connectivity index (χ2n) is 16.9. The molecule has 2 heterocycles. The standard InChI is InChI=1S/C25H28F5N3O6S.C20H20F5N3O4S/c1-24(2,3)39-23(35)32-12-13-33(40(36,37)19-10-6-17(7-11-19)25(28,29)30)20(15-32)21(34)31-14-16-4-8-18(9-5-16)38-22(26)27;21-19(22)32-15-5-1-13(2-6-15)11-27-18(29)17-12-26-9-10-28(17)33(30,31)16-7-3-14(4-8-16)20(23,24)25/h4-11,20,22H,12-15H2,1-3H3,(H,31,34);1-8,17,19,26H,9-12H2,(H,27,29)/t20-;17-/m11/s1. The molecule has 2 fully saturated rings. The highest BCUT2D eigenvalue weighted by Crippen LogP contribution is 2.33. The number of ether oxygens (including phenoxy) is 3. The van der Waals surface area contributed by atoms with Crippen LogP contribution in [0.4, 0.5) is 48.7 Å². The Balaban J connectivity index is 0.000000276. The van der Waals surface area contributed by atoms with Crippen LogP contribution in [0.2, 0.25) is 0 Å². The zero-order chi connectivity index (χ0) is 54.1. The summed E-state index contributed by atoms with van der Waals surface area (Å²) in [5.41, 5.74) is -1.85. The molecule has 0 unspecified atom stereocenters. The summed E-state index contributed by atoms with van der Waals surface area (Å²) in [4.78, 5) is 39.0. The summed E-state index contributed by atoms with van der Waals surface area (Å²) in [6.07, 6.45) is -10.1. The van der Waals surface area contributed by atoms with Crippen molar-refractivity contribution in [2.45, 2.75) is 86.9 Å². The molecule has 0 bridgehead atoms. The van der Waals surface area contributed by atoms with Crippen molar-refractivity contribution in [2.75, 3.05) is 39.3 Å². The van der Waals surface area contributed by atoms with E-state index in [0.29, 0.717) is 35.4 Å². The van der Waals surface area contributed by atoms with E-state index < -0.39 is 97.2 Å². The maximum Gasteiger partial charge on any atom is 0.416 e. The van der Waals surface area contributed by atoms with Crippen molar-refractivity contribution in [3.05, 3.63) is 119 Å². The number of amides is 3. The van der Waals surface area contributed by atoms with Crippen molar-refractivity contribution in [1.29, 1.82) is 0 Å². The molecule has 4 aromatic carbocycles. The number of halogens is 10. The van der Waals surface area contributed by atoms with Gasteiger partial charge in [-0.3, -0.25) is 9.59 Å². The van der Waals surface area contributed by atoms with Gasteiger partial charge in [-0.1, -0.05) is 24.3 Å². The Morgan fingerprint density at radius 3 is 1.38 bits per heavy atom. The molecule has 2 atom stereocenters. The lowest BCUT2D eigenvalue weighted by Crippen LogP contribution is -2.61. The van der Waals surface area contributed by atoms with Gasteiger partial charge in [0.05, 0.1) is 20.9 Å². The van der Waals surface area contributed by atoms with Crippen molar-refractivity contribution in [2.24, 2.45) is 0 Å². The average molecular weight is 1090 g/mol. The molecule has 2 aliphatic rings. The van der Waals surface area contributed by atoms with Crippen LogP contribution in [0.3, 0.4) is 0 Å². The number of nitrogens with one attached hydrogen (secondary N) is 3. The number of nitrogens with zero attached hydrogens (tertiary/aromatic N) is 3. The van der Waals surface area contributed by atoms with Crippen molar-refractivity contribution >= 4 is 38.0 Å². The summed E-state index contributed by atoms with van der Waals surface area (Å²) in [5, 5.41) is 8.07. The lowest BCUT2D eigenvalue weighted by molar-refractivity contribution is -0.138. The van der Waals surface area contributed by atoms with Crippen LogP contribution in [0.1, 0.15) is 43.0 Å². The quantitative estimate of drug-likeness (QED) is 0.112. The van der Waals surface area contributed by atoms with E-state index in [0.717, 1.165) is 32.9 Å². The number of hydrogen-bond donors (Lipinski definition) is 3. The largest absolute Gasteiger partial charge is 0.444 e. The molecule has 3 amide bonds. The lowest BCUT2D eigenvalue weighted by atomic mass is 10.1. The number of alkyl halides is 10. The predicted molar refractivity (Wildman–Crippen MR) is 239 cm³/mol. The van der Waals surface area contributed by atoms with Gasteiger partial charge in [-0.25, -0.2) is 21.6 Å². The molecule has 0 radical (unpaired) electrons. The highest BCUT2D eigenvalue weighted by atomic mass is 32.2. The van der Waals surface area contributed by atoms with Gasteiger partial charge in [0.1, 0.15) is 29.2 Å². The van der Waals surface area contributed by atoms with E-state index in [9.17, 15) is 75.1 Å². The number of hydrogen-bond acceptors (Lipinski definition) is 11. The van der Waals surface area contributed by atoms with E-state index in [1.807, 2.05) is 0 Å². The molecule has 6 rings (SSSR count). The third-order valence-corrected chi connectivity index (χ3v) is 14.4. The molecule has 2 aliphatic heterocycles. The van der Waals surface area contributed by atoms with Gasteiger partial charge in [-0.05, 0) is 105 Å². The predicted octanol–water partition coefficient (Wildman–Crippen LogP) is 6.82. The van der Waals surface area contributed by atoms with E-state index in [2.05, 4.69) is 25.4 Å². The molecule has 4 aromatic rings. The van der Waals surface area contributed by atoms with Gasteiger partial charge in [-0.2, -0.15) is 52.5 Å². The Labute approximate surface area is 412 Å². The zero-order valence-electron chi connectivity index (χ0n) is 38.7. The first-order valence-electron chi connectivity index (χ1n) is 21.7. The Kier molecular flexibility index (Phi) is 18.8. The van der Waals surface area contributed by atoms with Gasteiger partial charge < -0.3 is 35.1 Å². The van der Waals surface area contributed by atoms with Crippen LogP contribution >= 0.6 is 0 Å². The maximum absolute atomic E-state index is 13.4. The monoisotopic (exact) mass is 1090 g/mol. The van der Waals surface area contributed by atoms with Crippen LogP contribution in [0, 0.1) is 0 Å². The van der Waals surface area contributed by atoms with Gasteiger partial charge in [-0.15, -0.1) is 0 Å². The second-order valence-corrected chi connectivity index (χ2v) is 20.7. The highest BCUT2D eigenvalue weighted by Gasteiger charge is 2.43. The fourth-order valence-corrected chi connectivity index (χ4v) is 10.2. The van der Waals surface area contributed by atoms with Gasteiger partial charge in [0.25, 0.3) is 0 Å². The molecule has 16 nitrogen and oxygen atoms in total. The third kappa shape index (κ3) is 16.1. The summed E-state index contributed by atoms with van der Waals surface area (Å²) in [6, 6.07) is 14.2. The molecule has 3 N–H and O–H groups in total. The summed E-state index contributed by atoms with van der Waals surface area (Å²) in [5.74, 6) is -1.56. The number of carbonyl (C=O) groups is 3. The Hall–Kier alpha value is -6.23. The molecule has 400 valence electrons. The van der Waals surface area contributed by atoms with Crippen molar-refractivity contribution in [3.63, 3.8) is 0 Å². The normalized spacial score (nSPS) is 17.3. The first kappa shape index (κ1) is 57.7. The molecular weight excluding hydrogens is 1040 g/mol. The molecule has 2 saturated heterocycles. The Morgan fingerprint density at radius 2 is 1.00 bits per heavy atom. The molecule has 0 saturated carbocycles. The number of rotatable bonds is 14. The van der Waals surface area contributed by atoms with E-state index in [1.54, 1.807) is 20.8 Å². The van der Waals surface area contributed by atoms with Crippen LogP contribution in [0.25, 0.3) is 0 Å². The molecule has 28 heteroatoms. The van der Waals surface area contributed by atoms with Gasteiger partial charge in [0.15, 0.2) is 0 Å². The summed E-state index contributed by atoms with van der Waals surface area (Å²) < 4.78 is 195. The van der Waals surface area contributed by atoms with E-state index in [4.69, 9.17) is 4.74 Å². The van der Waals surface area contributed by atoms with Crippen LogP contribution in [-0.2, 0) is 59.8 Å². The number of benzene rings is 4. The number of piperazine rings is 2. The summed E-state index contributed by atoms with van der Waals surface area (Å²) >= 11 is 0. The van der Waals surface area contributed by atoms with E-state index in [1.165, 1.54) is 53.4 Å². The van der Waals surface area contributed by atoms with Crippen LogP contribution in [0.15, 0.2) is 107 Å². The summed E-state index contributed by atoms with van der Waals surface area (Å²) in [6.45, 7) is -1.83. The van der Waals surface area contributed by atoms with E-state index in [-0.39, 0.29) is 68.8 Å². The third-order valence-electron chi connectivity index (χ3n) is 10.6. The minimum atomic E-state index is -4.67. The van der Waals surface area contributed by atoms with Gasteiger partial charge >= 0.3 is 31.7 Å². The Bertz CT molecular complexity index is 2730. The fraction of sp³-hybridized carbons (Fsp3) is 0.400. The van der Waals surface area contributed by atoms with E-state index >= 15 is 0 Å². The zero-order valence-corrected chi connectivity index (χ0v) is 40.4. The SMILES string of the molecule is CC(C)(C)OC(=O)N1CCN(S(=O)(=O)c2ccc(C(F)(F)F)cc2)[C@@H](C(=O)NCc2ccc(OC(F)F)cc2)C1.O=C(NCc1ccc(OC(F)F)cc1)[C@H]1CNCCN1S(=O)(=O)c1ccc(C(F)(F)F)cc1. The van der Waals surface area contributed by atoms with Gasteiger partial charge in [0.2, 0.25) is 31.9 Å². The smallest absolute Gasteiger partial charge is 0.416 e. The second kappa shape index (κ2) is 23.8.